The summed E-state index contributed by atoms with van der Waals surface area (Å²) in [5.41, 5.74) is 0.555. The summed E-state index contributed by atoms with van der Waals surface area (Å²) in [4.78, 5) is 34.4. The first-order chi connectivity index (χ1) is 10.4. The minimum atomic E-state index is -1.29. The van der Waals surface area contributed by atoms with E-state index < -0.39 is 17.7 Å². The molecule has 22 heavy (non-hydrogen) atoms. The molecule has 0 unspecified atom stereocenters. The second kappa shape index (κ2) is 5.88. The maximum atomic E-state index is 11.8. The Morgan fingerprint density at radius 3 is 2.36 bits per heavy atom. The highest BCUT2D eigenvalue weighted by Gasteiger charge is 2.38. The zero-order chi connectivity index (χ0) is 16.3. The molecule has 0 saturated carbocycles. The normalized spacial score (nSPS) is 16.4. The highest BCUT2D eigenvalue weighted by Crippen LogP contribution is 2.27. The van der Waals surface area contributed by atoms with E-state index in [4.69, 9.17) is 14.2 Å². The molecule has 1 heterocycles. The number of aldehydes is 1. The number of nitrogens with one attached hydrogen (secondary N) is 1. The molecule has 1 aliphatic heterocycles. The third-order valence-corrected chi connectivity index (χ3v) is 2.85. The van der Waals surface area contributed by atoms with Crippen molar-refractivity contribution in [2.45, 2.75) is 19.6 Å². The van der Waals surface area contributed by atoms with E-state index in [1.54, 1.807) is 12.1 Å². The van der Waals surface area contributed by atoms with Gasteiger partial charge in [0.2, 0.25) is 0 Å². The lowest BCUT2D eigenvalue weighted by Crippen LogP contribution is -2.42. The van der Waals surface area contributed by atoms with Crippen molar-refractivity contribution in [2.75, 3.05) is 12.4 Å². The number of carbonyl (C=O) groups excluding carboxylic acids is 3. The van der Waals surface area contributed by atoms with Gasteiger partial charge in [0.05, 0.1) is 12.8 Å². The molecule has 1 N–H and O–H groups in total. The van der Waals surface area contributed by atoms with Crippen LogP contribution in [0.4, 0.5) is 5.69 Å². The summed E-state index contributed by atoms with van der Waals surface area (Å²) in [6.45, 7) is 2.92. The average Bonchev–Trinajstić information content (AvgIpc) is 2.44. The SMILES string of the molecule is COc1ccc(C=O)cc1NC=C1C(=O)OC(C)(C)OC1=O. The molecular weight excluding hydrogens is 290 g/mol. The Balaban J connectivity index is 2.26. The van der Waals surface area contributed by atoms with E-state index in [1.165, 1.54) is 27.0 Å². The van der Waals surface area contributed by atoms with Crippen molar-refractivity contribution in [1.82, 2.24) is 0 Å². The Labute approximate surface area is 126 Å². The third kappa shape index (κ3) is 3.25. The molecule has 1 aromatic carbocycles. The second-order valence-corrected chi connectivity index (χ2v) is 4.96. The minimum Gasteiger partial charge on any atom is -0.495 e. The number of anilines is 1. The van der Waals surface area contributed by atoms with Gasteiger partial charge in [0, 0.05) is 25.6 Å². The van der Waals surface area contributed by atoms with Crippen molar-refractivity contribution in [3.8, 4) is 5.75 Å². The Morgan fingerprint density at radius 1 is 1.18 bits per heavy atom. The van der Waals surface area contributed by atoms with Gasteiger partial charge in [-0.2, -0.15) is 0 Å². The molecule has 0 aliphatic carbocycles. The number of methoxy groups -OCH3 is 1. The first-order valence-electron chi connectivity index (χ1n) is 6.43. The van der Waals surface area contributed by atoms with Crippen LogP contribution in [0.15, 0.2) is 30.0 Å². The van der Waals surface area contributed by atoms with Gasteiger partial charge in [-0.15, -0.1) is 0 Å². The molecule has 1 fully saturated rings. The van der Waals surface area contributed by atoms with E-state index in [0.717, 1.165) is 6.20 Å². The third-order valence-electron chi connectivity index (χ3n) is 2.85. The summed E-state index contributed by atoms with van der Waals surface area (Å²) in [7, 11) is 1.46. The average molecular weight is 305 g/mol. The Morgan fingerprint density at radius 2 is 1.82 bits per heavy atom. The van der Waals surface area contributed by atoms with Crippen LogP contribution in [0.5, 0.6) is 5.75 Å². The fraction of sp³-hybridized carbons (Fsp3) is 0.267. The summed E-state index contributed by atoms with van der Waals surface area (Å²) >= 11 is 0. The topological polar surface area (TPSA) is 90.9 Å². The minimum absolute atomic E-state index is 0.280. The number of ether oxygens (including phenoxy) is 3. The zero-order valence-corrected chi connectivity index (χ0v) is 12.3. The fourth-order valence-corrected chi connectivity index (χ4v) is 1.84. The summed E-state index contributed by atoms with van der Waals surface area (Å²) in [5.74, 6) is -2.43. The van der Waals surface area contributed by atoms with Crippen LogP contribution in [0.3, 0.4) is 0 Å². The molecule has 0 atom stereocenters. The van der Waals surface area contributed by atoms with Crippen molar-refractivity contribution < 1.29 is 28.6 Å². The zero-order valence-electron chi connectivity index (χ0n) is 12.3. The van der Waals surface area contributed by atoms with Crippen LogP contribution in [0, 0.1) is 0 Å². The molecule has 7 heteroatoms. The highest BCUT2D eigenvalue weighted by atomic mass is 16.7. The van der Waals surface area contributed by atoms with Crippen molar-refractivity contribution in [3.05, 3.63) is 35.5 Å². The lowest BCUT2D eigenvalue weighted by atomic mass is 10.2. The Hall–Kier alpha value is -2.83. The van der Waals surface area contributed by atoms with Crippen LogP contribution in [-0.4, -0.2) is 31.1 Å². The standard InChI is InChI=1S/C15H15NO6/c1-15(2)21-13(18)10(14(19)22-15)7-16-11-6-9(8-17)4-5-12(11)20-3/h4-8,16H,1-3H3. The maximum absolute atomic E-state index is 11.8. The number of hydrogen-bond acceptors (Lipinski definition) is 7. The van der Waals surface area contributed by atoms with Crippen LogP contribution >= 0.6 is 0 Å². The van der Waals surface area contributed by atoms with Crippen LogP contribution in [-0.2, 0) is 19.1 Å². The lowest BCUT2D eigenvalue weighted by molar-refractivity contribution is -0.222. The number of hydrogen-bond donors (Lipinski definition) is 1. The van der Waals surface area contributed by atoms with Gasteiger partial charge in [0.1, 0.15) is 12.0 Å². The van der Waals surface area contributed by atoms with E-state index >= 15 is 0 Å². The molecule has 1 saturated heterocycles. The molecule has 7 nitrogen and oxygen atoms in total. The summed E-state index contributed by atoms with van der Waals surface area (Å²) in [6, 6.07) is 4.69. The number of esters is 2. The van der Waals surface area contributed by atoms with Crippen LogP contribution in [0.2, 0.25) is 0 Å². The molecule has 0 radical (unpaired) electrons. The highest BCUT2D eigenvalue weighted by molar-refractivity contribution is 6.15. The molecule has 116 valence electrons. The second-order valence-electron chi connectivity index (χ2n) is 4.96. The first kappa shape index (κ1) is 15.6. The van der Waals surface area contributed by atoms with Crippen LogP contribution in [0.1, 0.15) is 24.2 Å². The number of carbonyl (C=O) groups is 3. The van der Waals surface area contributed by atoms with E-state index in [-0.39, 0.29) is 5.57 Å². The predicted molar refractivity (Wildman–Crippen MR) is 76.4 cm³/mol. The van der Waals surface area contributed by atoms with Gasteiger partial charge < -0.3 is 19.5 Å². The van der Waals surface area contributed by atoms with Gasteiger partial charge in [0.15, 0.2) is 5.57 Å². The maximum Gasteiger partial charge on any atom is 0.350 e. The molecule has 0 bridgehead atoms. The van der Waals surface area contributed by atoms with E-state index in [2.05, 4.69) is 5.32 Å². The Bertz CT molecular complexity index is 640. The van der Waals surface area contributed by atoms with Crippen molar-refractivity contribution in [3.63, 3.8) is 0 Å². The van der Waals surface area contributed by atoms with Crippen molar-refractivity contribution >= 4 is 23.9 Å². The number of benzene rings is 1. The quantitative estimate of drug-likeness (QED) is 0.391. The molecule has 0 amide bonds. The van der Waals surface area contributed by atoms with E-state index in [1.807, 2.05) is 0 Å². The van der Waals surface area contributed by atoms with Gasteiger partial charge in [-0.3, -0.25) is 4.79 Å². The van der Waals surface area contributed by atoms with Crippen LogP contribution < -0.4 is 10.1 Å². The molecule has 2 rings (SSSR count). The first-order valence-corrected chi connectivity index (χ1v) is 6.43. The van der Waals surface area contributed by atoms with Gasteiger partial charge in [-0.05, 0) is 18.2 Å². The summed E-state index contributed by atoms with van der Waals surface area (Å²) in [5, 5.41) is 2.75. The predicted octanol–water partition coefficient (Wildman–Crippen LogP) is 1.64. The smallest absolute Gasteiger partial charge is 0.350 e. The molecule has 0 spiro atoms. The lowest BCUT2D eigenvalue weighted by Gasteiger charge is -2.29. The van der Waals surface area contributed by atoms with Gasteiger partial charge in [0.25, 0.3) is 5.79 Å². The molecule has 1 aliphatic rings. The molecular formula is C15H15NO6. The van der Waals surface area contributed by atoms with E-state index in [9.17, 15) is 14.4 Å². The van der Waals surface area contributed by atoms with Gasteiger partial charge in [-0.1, -0.05) is 0 Å². The Kier molecular flexibility index (Phi) is 4.16. The number of cyclic esters (lactones) is 2. The van der Waals surface area contributed by atoms with Crippen molar-refractivity contribution in [1.29, 1.82) is 0 Å². The molecule has 1 aromatic rings. The van der Waals surface area contributed by atoms with Crippen molar-refractivity contribution in [2.24, 2.45) is 0 Å². The van der Waals surface area contributed by atoms with Crippen LogP contribution in [0.25, 0.3) is 0 Å². The monoisotopic (exact) mass is 305 g/mol. The number of rotatable bonds is 4. The van der Waals surface area contributed by atoms with E-state index in [0.29, 0.717) is 23.3 Å². The fourth-order valence-electron chi connectivity index (χ4n) is 1.84. The van der Waals surface area contributed by atoms with Gasteiger partial charge in [-0.25, -0.2) is 9.59 Å². The molecule has 0 aromatic heterocycles. The summed E-state index contributed by atoms with van der Waals surface area (Å²) in [6.07, 6.45) is 1.83. The van der Waals surface area contributed by atoms with Gasteiger partial charge >= 0.3 is 11.9 Å². The largest absolute Gasteiger partial charge is 0.495 e. The summed E-state index contributed by atoms with van der Waals surface area (Å²) < 4.78 is 15.1.